The van der Waals surface area contributed by atoms with E-state index in [2.05, 4.69) is 49.7 Å². The Balaban J connectivity index is 1.08. The Labute approximate surface area is 310 Å². The van der Waals surface area contributed by atoms with Gasteiger partial charge in [0.25, 0.3) is 0 Å². The van der Waals surface area contributed by atoms with Crippen LogP contribution < -0.4 is 25.0 Å². The van der Waals surface area contributed by atoms with Crippen LogP contribution in [0.15, 0.2) is 72.9 Å². The van der Waals surface area contributed by atoms with E-state index >= 15 is 0 Å². The van der Waals surface area contributed by atoms with Crippen LogP contribution in [-0.2, 0) is 5.41 Å². The van der Waals surface area contributed by atoms with Crippen molar-refractivity contribution in [2.24, 2.45) is 0 Å². The maximum atomic E-state index is 13.7. The van der Waals surface area contributed by atoms with Crippen molar-refractivity contribution in [3.05, 3.63) is 89.7 Å². The van der Waals surface area contributed by atoms with Gasteiger partial charge in [0.1, 0.15) is 30.0 Å². The van der Waals surface area contributed by atoms with Crippen LogP contribution >= 0.6 is 0 Å². The molecule has 4 heterocycles. The van der Waals surface area contributed by atoms with Gasteiger partial charge in [-0.3, -0.25) is 9.72 Å². The highest BCUT2D eigenvalue weighted by Gasteiger charge is 2.31. The summed E-state index contributed by atoms with van der Waals surface area (Å²) in [7, 11) is 4.00. The SMILES string of the molecule is C[C@H]1CCCCN1c1nnc2ccc(O[C@@H]3CC[C@H](NC(=O)Nc4cc(C(C)(C)CO)nn4-c4cccc(OCCN(C)C)c4)c4ccccc43)cn12. The van der Waals surface area contributed by atoms with Crippen molar-refractivity contribution in [1.29, 1.82) is 0 Å². The standard InChI is InChI=1S/C40H51N9O4/c1-27-11-8-9-20-47(27)39-44-43-36-19-16-30(25-48(36)39)53-34-18-17-33(31-14-6-7-15-32(31)34)41-38(51)42-37-24-35(40(2,3)26-50)45-49(37)28-12-10-13-29(23-28)52-22-21-46(4)5/h6-7,10,12-16,19,23-25,27,33-34,50H,8-9,11,17-18,20-22,26H2,1-5H3,(H2,41,42,51)/t27-,33-,34+/m0/s1. The molecule has 2 amide bonds. The molecule has 7 rings (SSSR count). The molecule has 1 aliphatic carbocycles. The molecule has 1 saturated heterocycles. The number of amides is 2. The summed E-state index contributed by atoms with van der Waals surface area (Å²) in [4.78, 5) is 18.1. The van der Waals surface area contributed by atoms with Crippen LogP contribution in [0, 0.1) is 0 Å². The molecule has 2 aromatic carbocycles. The second kappa shape index (κ2) is 15.5. The fourth-order valence-corrected chi connectivity index (χ4v) is 7.15. The van der Waals surface area contributed by atoms with E-state index in [-0.39, 0.29) is 24.8 Å². The van der Waals surface area contributed by atoms with Crippen LogP contribution in [-0.4, -0.2) is 86.9 Å². The zero-order valence-corrected chi connectivity index (χ0v) is 31.3. The molecule has 2 aliphatic rings. The maximum Gasteiger partial charge on any atom is 0.320 e. The smallest absolute Gasteiger partial charge is 0.320 e. The van der Waals surface area contributed by atoms with E-state index in [4.69, 9.17) is 14.6 Å². The molecule has 1 fully saturated rings. The van der Waals surface area contributed by atoms with Gasteiger partial charge < -0.3 is 29.7 Å². The fourth-order valence-electron chi connectivity index (χ4n) is 7.15. The minimum absolute atomic E-state index is 0.0999. The third-order valence-corrected chi connectivity index (χ3v) is 10.3. The number of pyridine rings is 1. The number of aliphatic hydroxyl groups excluding tert-OH is 1. The van der Waals surface area contributed by atoms with Crippen LogP contribution in [0.25, 0.3) is 11.3 Å². The molecule has 3 atom stereocenters. The van der Waals surface area contributed by atoms with E-state index in [0.29, 0.717) is 42.8 Å². The van der Waals surface area contributed by atoms with Crippen molar-refractivity contribution in [3.8, 4) is 17.2 Å². The molecular formula is C40H51N9O4. The summed E-state index contributed by atoms with van der Waals surface area (Å²) in [5.41, 5.74) is 3.61. The van der Waals surface area contributed by atoms with Crippen molar-refractivity contribution < 1.29 is 19.4 Å². The van der Waals surface area contributed by atoms with Gasteiger partial charge in [-0.2, -0.15) is 5.10 Å². The summed E-state index contributed by atoms with van der Waals surface area (Å²) in [6, 6.07) is 21.3. The third kappa shape index (κ3) is 7.96. The van der Waals surface area contributed by atoms with Crippen LogP contribution in [0.4, 0.5) is 16.6 Å². The topological polar surface area (TPSA) is 134 Å². The molecule has 0 bridgehead atoms. The number of rotatable bonds is 12. The molecule has 13 nitrogen and oxygen atoms in total. The first-order valence-corrected chi connectivity index (χ1v) is 18.6. The zero-order chi connectivity index (χ0) is 37.1. The van der Waals surface area contributed by atoms with Gasteiger partial charge in [-0.05, 0) is 88.5 Å². The van der Waals surface area contributed by atoms with E-state index in [1.165, 1.54) is 6.42 Å². The van der Waals surface area contributed by atoms with Crippen molar-refractivity contribution in [2.75, 3.05) is 50.6 Å². The quantitative estimate of drug-likeness (QED) is 0.136. The number of carbonyl (C=O) groups excluding carboxylic acids is 1. The molecular weight excluding hydrogens is 670 g/mol. The average Bonchev–Trinajstić information content (AvgIpc) is 3.77. The number of benzene rings is 2. The van der Waals surface area contributed by atoms with E-state index < -0.39 is 5.41 Å². The molecule has 0 saturated carbocycles. The largest absolute Gasteiger partial charge is 0.492 e. The van der Waals surface area contributed by atoms with E-state index in [0.717, 1.165) is 60.1 Å². The number of hydrogen-bond donors (Lipinski definition) is 3. The summed E-state index contributed by atoms with van der Waals surface area (Å²) in [5.74, 6) is 2.78. The number of ether oxygens (including phenoxy) is 2. The first-order valence-electron chi connectivity index (χ1n) is 18.6. The van der Waals surface area contributed by atoms with Crippen molar-refractivity contribution in [3.63, 3.8) is 0 Å². The minimum Gasteiger partial charge on any atom is -0.492 e. The summed E-state index contributed by atoms with van der Waals surface area (Å²) >= 11 is 0. The van der Waals surface area contributed by atoms with Gasteiger partial charge in [0.2, 0.25) is 5.95 Å². The number of aliphatic hydroxyl groups is 1. The van der Waals surface area contributed by atoms with Crippen molar-refractivity contribution >= 4 is 23.4 Å². The summed E-state index contributed by atoms with van der Waals surface area (Å²) < 4.78 is 16.4. The van der Waals surface area contributed by atoms with Gasteiger partial charge in [0.05, 0.1) is 30.2 Å². The molecule has 280 valence electrons. The highest BCUT2D eigenvalue weighted by atomic mass is 16.5. The Morgan fingerprint density at radius 2 is 1.81 bits per heavy atom. The lowest BCUT2D eigenvalue weighted by atomic mass is 9.85. The average molecular weight is 722 g/mol. The van der Waals surface area contributed by atoms with Crippen molar-refractivity contribution in [2.45, 2.75) is 76.5 Å². The highest BCUT2D eigenvalue weighted by Crippen LogP contribution is 2.39. The second-order valence-corrected chi connectivity index (χ2v) is 15.1. The molecule has 3 aromatic heterocycles. The first-order chi connectivity index (χ1) is 25.6. The van der Waals surface area contributed by atoms with E-state index in [1.54, 1.807) is 4.68 Å². The normalized spacial score (nSPS) is 18.9. The zero-order valence-electron chi connectivity index (χ0n) is 31.3. The van der Waals surface area contributed by atoms with Crippen LogP contribution in [0.5, 0.6) is 11.5 Å². The summed E-state index contributed by atoms with van der Waals surface area (Å²) in [6.07, 6.45) is 6.74. The molecule has 5 aromatic rings. The number of nitrogens with zero attached hydrogens (tertiary/aromatic N) is 7. The molecule has 0 spiro atoms. The predicted molar refractivity (Wildman–Crippen MR) is 205 cm³/mol. The number of likely N-dealkylation sites (N-methyl/N-ethyl adjacent to an activating group) is 1. The fraction of sp³-hybridized carbons (Fsp3) is 0.450. The van der Waals surface area contributed by atoms with Gasteiger partial charge in [-0.25, -0.2) is 9.48 Å². The van der Waals surface area contributed by atoms with Gasteiger partial charge >= 0.3 is 6.03 Å². The molecule has 13 heteroatoms. The lowest BCUT2D eigenvalue weighted by Crippen LogP contribution is -2.38. The Kier molecular flexibility index (Phi) is 10.6. The highest BCUT2D eigenvalue weighted by molar-refractivity contribution is 5.89. The molecule has 1 aliphatic heterocycles. The number of fused-ring (bicyclic) bond motifs is 2. The molecule has 0 radical (unpaired) electrons. The number of nitrogens with one attached hydrogen (secondary N) is 2. The van der Waals surface area contributed by atoms with E-state index in [1.807, 2.05) is 93.1 Å². The molecule has 53 heavy (non-hydrogen) atoms. The number of carbonyl (C=O) groups is 1. The van der Waals surface area contributed by atoms with E-state index in [9.17, 15) is 9.90 Å². The Morgan fingerprint density at radius 3 is 2.60 bits per heavy atom. The molecule has 3 N–H and O–H groups in total. The van der Waals surface area contributed by atoms with Gasteiger partial charge in [-0.15, -0.1) is 10.2 Å². The van der Waals surface area contributed by atoms with Gasteiger partial charge in [-0.1, -0.05) is 44.2 Å². The minimum atomic E-state index is -0.623. The van der Waals surface area contributed by atoms with Gasteiger partial charge in [0.15, 0.2) is 5.65 Å². The Bertz CT molecular complexity index is 2040. The number of hydrogen-bond acceptors (Lipinski definition) is 9. The van der Waals surface area contributed by atoms with Crippen LogP contribution in [0.1, 0.15) is 81.8 Å². The number of urea groups is 1. The first kappa shape index (κ1) is 36.2. The number of aromatic nitrogens is 5. The third-order valence-electron chi connectivity index (χ3n) is 10.3. The van der Waals surface area contributed by atoms with Crippen LogP contribution in [0.2, 0.25) is 0 Å². The Hall–Kier alpha value is -5.14. The lowest BCUT2D eigenvalue weighted by molar-refractivity contribution is 0.171. The van der Waals surface area contributed by atoms with Crippen molar-refractivity contribution in [1.82, 2.24) is 34.6 Å². The number of anilines is 2. The monoisotopic (exact) mass is 721 g/mol. The van der Waals surface area contributed by atoms with Gasteiger partial charge in [0, 0.05) is 36.7 Å². The molecule has 0 unspecified atom stereocenters. The lowest BCUT2D eigenvalue weighted by Gasteiger charge is -2.33. The second-order valence-electron chi connectivity index (χ2n) is 15.1. The maximum absolute atomic E-state index is 13.7. The summed E-state index contributed by atoms with van der Waals surface area (Å²) in [6.45, 7) is 8.27. The summed E-state index contributed by atoms with van der Waals surface area (Å²) in [5, 5.41) is 30.2. The Morgan fingerprint density at radius 1 is 0.981 bits per heavy atom. The van der Waals surface area contributed by atoms with Crippen LogP contribution in [0.3, 0.4) is 0 Å². The number of piperidine rings is 1. The predicted octanol–water partition coefficient (Wildman–Crippen LogP) is 6.28.